The van der Waals surface area contributed by atoms with Crippen molar-refractivity contribution in [3.05, 3.63) is 58.4 Å². The van der Waals surface area contributed by atoms with E-state index in [1.165, 1.54) is 12.5 Å². The van der Waals surface area contributed by atoms with Gasteiger partial charge in [-0.1, -0.05) is 25.8 Å². The largest absolute Gasteiger partial charge is 0.419 e. The van der Waals surface area contributed by atoms with E-state index in [2.05, 4.69) is 6.92 Å². The molecule has 0 heterocycles. The van der Waals surface area contributed by atoms with E-state index < -0.39 is 34.8 Å². The fourth-order valence-corrected chi connectivity index (χ4v) is 5.52. The molecule has 0 N–H and O–H groups in total. The number of halogens is 6. The summed E-state index contributed by atoms with van der Waals surface area (Å²) in [6.45, 7) is 2.17. The summed E-state index contributed by atoms with van der Waals surface area (Å²) < 4.78 is 82.7. The normalized spacial score (nSPS) is 23.8. The maximum Gasteiger partial charge on any atom is 0.419 e. The minimum atomic E-state index is -4.86. The van der Waals surface area contributed by atoms with E-state index in [4.69, 9.17) is 0 Å². The van der Waals surface area contributed by atoms with Gasteiger partial charge in [-0.15, -0.1) is 0 Å². The first-order chi connectivity index (χ1) is 14.2. The summed E-state index contributed by atoms with van der Waals surface area (Å²) in [6, 6.07) is 3.37. The lowest BCUT2D eigenvalue weighted by Gasteiger charge is -2.41. The second-order valence-corrected chi connectivity index (χ2v) is 8.68. The van der Waals surface area contributed by atoms with Crippen LogP contribution in [-0.2, 0) is 12.6 Å². The Morgan fingerprint density at radius 1 is 0.967 bits per heavy atom. The van der Waals surface area contributed by atoms with Gasteiger partial charge in [-0.2, -0.15) is 13.2 Å². The van der Waals surface area contributed by atoms with Gasteiger partial charge in [-0.3, -0.25) is 0 Å². The Bertz CT molecular complexity index is 946. The van der Waals surface area contributed by atoms with Crippen LogP contribution in [0, 0.1) is 29.3 Å². The molecule has 4 rings (SSSR count). The summed E-state index contributed by atoms with van der Waals surface area (Å²) in [6.07, 6.45) is 1.76. The van der Waals surface area contributed by atoms with E-state index in [1.54, 1.807) is 0 Å². The number of fused-ring (bicyclic) bond motifs is 3. The minimum absolute atomic E-state index is 0.115. The van der Waals surface area contributed by atoms with Crippen LogP contribution in [-0.4, -0.2) is 0 Å². The maximum absolute atomic E-state index is 15.3. The van der Waals surface area contributed by atoms with Gasteiger partial charge in [0.2, 0.25) is 0 Å². The molecule has 6 heteroatoms. The minimum Gasteiger partial charge on any atom is -0.206 e. The van der Waals surface area contributed by atoms with Crippen LogP contribution in [0.25, 0.3) is 11.1 Å². The van der Waals surface area contributed by atoms with Crippen molar-refractivity contribution in [3.63, 3.8) is 0 Å². The molecule has 2 aromatic carbocycles. The number of hydrogen-bond acceptors (Lipinski definition) is 0. The second-order valence-electron chi connectivity index (χ2n) is 8.68. The lowest BCUT2D eigenvalue weighted by Crippen LogP contribution is -2.29. The third kappa shape index (κ3) is 3.74. The van der Waals surface area contributed by atoms with E-state index in [1.807, 2.05) is 0 Å². The highest BCUT2D eigenvalue weighted by molar-refractivity contribution is 5.68. The molecule has 30 heavy (non-hydrogen) atoms. The zero-order valence-corrected chi connectivity index (χ0v) is 16.8. The van der Waals surface area contributed by atoms with Crippen LogP contribution in [0.5, 0.6) is 0 Å². The molecule has 0 aromatic heterocycles. The summed E-state index contributed by atoms with van der Waals surface area (Å²) in [5, 5.41) is 0. The van der Waals surface area contributed by atoms with Gasteiger partial charge in [0.1, 0.15) is 17.5 Å². The van der Waals surface area contributed by atoms with E-state index in [0.29, 0.717) is 41.5 Å². The molecule has 0 radical (unpaired) electrons. The SMILES string of the molecule is CCC[C@@H]1CC[C@@H]2c3cc(F)c(-c4ccc(C(F)(F)F)c(F)c4)c(F)c3CC[C@@H]2C1. The smallest absolute Gasteiger partial charge is 0.206 e. The highest BCUT2D eigenvalue weighted by Crippen LogP contribution is 2.49. The topological polar surface area (TPSA) is 0 Å². The van der Waals surface area contributed by atoms with Crippen LogP contribution in [0.2, 0.25) is 0 Å². The van der Waals surface area contributed by atoms with E-state index in [0.717, 1.165) is 38.2 Å². The maximum atomic E-state index is 15.3. The zero-order valence-electron chi connectivity index (χ0n) is 16.8. The van der Waals surface area contributed by atoms with Gasteiger partial charge < -0.3 is 0 Å². The fraction of sp³-hybridized carbons (Fsp3) is 0.500. The van der Waals surface area contributed by atoms with Gasteiger partial charge in [0, 0.05) is 0 Å². The lowest BCUT2D eigenvalue weighted by atomic mass is 9.64. The number of rotatable bonds is 3. The summed E-state index contributed by atoms with van der Waals surface area (Å²) in [5.74, 6) is -1.95. The van der Waals surface area contributed by atoms with Crippen LogP contribution < -0.4 is 0 Å². The third-order valence-electron chi connectivity index (χ3n) is 6.87. The van der Waals surface area contributed by atoms with Crippen molar-refractivity contribution in [2.75, 3.05) is 0 Å². The monoisotopic (exact) mass is 426 g/mol. The van der Waals surface area contributed by atoms with Crippen LogP contribution in [0.1, 0.15) is 68.1 Å². The molecule has 162 valence electrons. The van der Waals surface area contributed by atoms with Gasteiger partial charge in [0.05, 0.1) is 11.1 Å². The summed E-state index contributed by atoms with van der Waals surface area (Å²) >= 11 is 0. The molecule has 0 amide bonds. The van der Waals surface area contributed by atoms with Crippen molar-refractivity contribution in [2.45, 2.75) is 64.0 Å². The second kappa shape index (κ2) is 7.93. The molecule has 1 saturated carbocycles. The molecular formula is C24H24F6. The summed E-state index contributed by atoms with van der Waals surface area (Å²) in [4.78, 5) is 0. The molecule has 2 aliphatic rings. The van der Waals surface area contributed by atoms with Crippen LogP contribution in [0.3, 0.4) is 0 Å². The van der Waals surface area contributed by atoms with E-state index in [9.17, 15) is 22.0 Å². The Kier molecular flexibility index (Phi) is 5.62. The van der Waals surface area contributed by atoms with E-state index >= 15 is 4.39 Å². The highest BCUT2D eigenvalue weighted by Gasteiger charge is 2.38. The zero-order chi connectivity index (χ0) is 21.6. The van der Waals surface area contributed by atoms with Gasteiger partial charge in [-0.05, 0) is 84.7 Å². The molecule has 0 saturated heterocycles. The van der Waals surface area contributed by atoms with Gasteiger partial charge in [-0.25, -0.2) is 13.2 Å². The van der Waals surface area contributed by atoms with Gasteiger partial charge in [0.15, 0.2) is 0 Å². The summed E-state index contributed by atoms with van der Waals surface area (Å²) in [7, 11) is 0. The number of alkyl halides is 3. The van der Waals surface area contributed by atoms with Crippen molar-refractivity contribution in [1.82, 2.24) is 0 Å². The fourth-order valence-electron chi connectivity index (χ4n) is 5.52. The molecule has 0 nitrogen and oxygen atoms in total. The molecule has 2 aliphatic carbocycles. The molecule has 0 unspecified atom stereocenters. The van der Waals surface area contributed by atoms with Crippen molar-refractivity contribution in [3.8, 4) is 11.1 Å². The van der Waals surface area contributed by atoms with E-state index in [-0.39, 0.29) is 11.5 Å². The van der Waals surface area contributed by atoms with Crippen molar-refractivity contribution >= 4 is 0 Å². The highest BCUT2D eigenvalue weighted by atomic mass is 19.4. The predicted molar refractivity (Wildman–Crippen MR) is 104 cm³/mol. The number of benzene rings is 2. The Morgan fingerprint density at radius 2 is 1.73 bits per heavy atom. The van der Waals surface area contributed by atoms with Gasteiger partial charge in [0.25, 0.3) is 0 Å². The Labute approximate surface area is 172 Å². The molecular weight excluding hydrogens is 402 g/mol. The van der Waals surface area contributed by atoms with Crippen molar-refractivity contribution in [2.24, 2.45) is 11.8 Å². The standard InChI is InChI=1S/C24H24F6/c1-2-3-13-4-7-16-14(10-13)5-8-17-18(16)12-21(26)22(23(17)27)15-6-9-19(20(25)11-15)24(28,29)30/h6,9,11-14,16H,2-5,7-8,10H2,1H3/t13-,14-,16+/m1/s1. The molecule has 0 bridgehead atoms. The first kappa shape index (κ1) is 21.3. The van der Waals surface area contributed by atoms with Crippen LogP contribution in [0.4, 0.5) is 26.3 Å². The van der Waals surface area contributed by atoms with Crippen molar-refractivity contribution < 1.29 is 26.3 Å². The molecule has 3 atom stereocenters. The number of hydrogen-bond donors (Lipinski definition) is 0. The third-order valence-corrected chi connectivity index (χ3v) is 6.87. The molecule has 2 aromatic rings. The van der Waals surface area contributed by atoms with Crippen LogP contribution in [0.15, 0.2) is 24.3 Å². The Morgan fingerprint density at radius 3 is 2.40 bits per heavy atom. The lowest BCUT2D eigenvalue weighted by molar-refractivity contribution is -0.139. The molecule has 1 fully saturated rings. The van der Waals surface area contributed by atoms with Crippen LogP contribution >= 0.6 is 0 Å². The quantitative estimate of drug-likeness (QED) is 0.436. The van der Waals surface area contributed by atoms with Gasteiger partial charge >= 0.3 is 6.18 Å². The Balaban J connectivity index is 1.71. The Hall–Kier alpha value is -1.98. The first-order valence-corrected chi connectivity index (χ1v) is 10.6. The summed E-state index contributed by atoms with van der Waals surface area (Å²) in [5.41, 5.74) is -0.988. The van der Waals surface area contributed by atoms with Crippen molar-refractivity contribution in [1.29, 1.82) is 0 Å². The predicted octanol–water partition coefficient (Wildman–Crippen LogP) is 8.04. The first-order valence-electron chi connectivity index (χ1n) is 10.6. The molecule has 0 spiro atoms. The molecule has 0 aliphatic heterocycles. The average molecular weight is 426 g/mol. The average Bonchev–Trinajstić information content (AvgIpc) is 2.67.